The highest BCUT2D eigenvalue weighted by atomic mass is 16.6. The number of ether oxygens (including phenoxy) is 2. The Bertz CT molecular complexity index is 1610. The van der Waals surface area contributed by atoms with Gasteiger partial charge >= 0.3 is 11.9 Å². The monoisotopic (exact) mass is 552 g/mol. The summed E-state index contributed by atoms with van der Waals surface area (Å²) in [4.78, 5) is 44.2. The van der Waals surface area contributed by atoms with E-state index in [0.29, 0.717) is 23.4 Å². The Balaban J connectivity index is 1.46. The number of esters is 2. The quantitative estimate of drug-likeness (QED) is 0.181. The zero-order chi connectivity index (χ0) is 29.4. The van der Waals surface area contributed by atoms with E-state index in [1.807, 2.05) is 24.3 Å². The molecule has 1 unspecified atom stereocenters. The van der Waals surface area contributed by atoms with Gasteiger partial charge in [0.2, 0.25) is 0 Å². The minimum atomic E-state index is -0.921. The number of hydrogen-bond acceptors (Lipinski definition) is 8. The zero-order valence-electron chi connectivity index (χ0n) is 22.8. The lowest BCUT2D eigenvalue weighted by molar-refractivity contribution is -0.384. The number of hydrogen-bond donors (Lipinski definition) is 2. The van der Waals surface area contributed by atoms with Gasteiger partial charge in [0, 0.05) is 47.9 Å². The lowest BCUT2D eigenvalue weighted by Crippen LogP contribution is -2.32. The molecule has 41 heavy (non-hydrogen) atoms. The van der Waals surface area contributed by atoms with Crippen LogP contribution in [-0.4, -0.2) is 40.5 Å². The lowest BCUT2D eigenvalue weighted by atomic mass is 9.80. The number of aromatic nitrogens is 2. The summed E-state index contributed by atoms with van der Waals surface area (Å²) in [6.07, 6.45) is 7.40. The van der Waals surface area contributed by atoms with Gasteiger partial charge in [0.15, 0.2) is 0 Å². The van der Waals surface area contributed by atoms with Crippen molar-refractivity contribution >= 4 is 17.6 Å². The molecule has 10 nitrogen and oxygen atoms in total. The van der Waals surface area contributed by atoms with Crippen LogP contribution in [-0.2, 0) is 25.5 Å². The molecule has 2 aromatic carbocycles. The van der Waals surface area contributed by atoms with Crippen molar-refractivity contribution in [3.63, 3.8) is 0 Å². The Kier molecular flexibility index (Phi) is 9.12. The Morgan fingerprint density at radius 3 is 2.49 bits per heavy atom. The van der Waals surface area contributed by atoms with Gasteiger partial charge in [-0.2, -0.15) is 0 Å². The summed E-state index contributed by atoms with van der Waals surface area (Å²) in [6, 6.07) is 13.6. The predicted octanol–water partition coefficient (Wildman–Crippen LogP) is 4.47. The van der Waals surface area contributed by atoms with E-state index in [2.05, 4.69) is 27.1 Å². The maximum Gasteiger partial charge on any atom is 0.337 e. The highest BCUT2D eigenvalue weighted by molar-refractivity contribution is 5.99. The van der Waals surface area contributed by atoms with Gasteiger partial charge in [-0.25, -0.2) is 14.6 Å². The van der Waals surface area contributed by atoms with Crippen molar-refractivity contribution in [1.82, 2.24) is 15.3 Å². The molecule has 0 aliphatic carbocycles. The smallest absolute Gasteiger partial charge is 0.337 e. The Morgan fingerprint density at radius 1 is 1.10 bits per heavy atom. The van der Waals surface area contributed by atoms with E-state index in [-0.39, 0.29) is 23.4 Å². The van der Waals surface area contributed by atoms with Gasteiger partial charge in [0.1, 0.15) is 12.4 Å². The van der Waals surface area contributed by atoms with Crippen molar-refractivity contribution in [3.8, 4) is 11.8 Å². The van der Waals surface area contributed by atoms with Crippen molar-refractivity contribution in [1.29, 1.82) is 0 Å². The number of methoxy groups -OCH3 is 1. The third kappa shape index (κ3) is 6.96. The Morgan fingerprint density at radius 2 is 1.83 bits per heavy atom. The van der Waals surface area contributed by atoms with Crippen LogP contribution in [0.4, 0.5) is 5.69 Å². The average molecular weight is 553 g/mol. The normalized spacial score (nSPS) is 14.8. The molecule has 0 saturated carbocycles. The van der Waals surface area contributed by atoms with E-state index in [4.69, 9.17) is 9.47 Å². The van der Waals surface area contributed by atoms with Gasteiger partial charge in [0.25, 0.3) is 5.69 Å². The third-order valence-electron chi connectivity index (χ3n) is 6.41. The van der Waals surface area contributed by atoms with Crippen LogP contribution in [0.1, 0.15) is 42.3 Å². The first kappa shape index (κ1) is 28.6. The van der Waals surface area contributed by atoms with Crippen LogP contribution in [0.3, 0.4) is 0 Å². The molecule has 10 heteroatoms. The first-order valence-corrected chi connectivity index (χ1v) is 12.7. The summed E-state index contributed by atoms with van der Waals surface area (Å²) >= 11 is 0. The molecule has 208 valence electrons. The second-order valence-electron chi connectivity index (χ2n) is 9.16. The molecule has 1 aliphatic rings. The minimum Gasteiger partial charge on any atom is -0.466 e. The zero-order valence-corrected chi connectivity index (χ0v) is 22.8. The first-order chi connectivity index (χ1) is 19.8. The fraction of sp³-hybridized carbons (Fsp3) is 0.194. The van der Waals surface area contributed by atoms with Crippen LogP contribution in [0.5, 0.6) is 0 Å². The number of aromatic amines is 1. The number of carbonyl (C=O) groups excluding carboxylic acids is 2. The average Bonchev–Trinajstić information content (AvgIpc) is 3.48. The number of rotatable bonds is 8. The molecule has 0 fully saturated rings. The maximum absolute atomic E-state index is 13.3. The van der Waals surface area contributed by atoms with E-state index in [0.717, 1.165) is 17.0 Å². The van der Waals surface area contributed by atoms with Gasteiger partial charge < -0.3 is 19.8 Å². The van der Waals surface area contributed by atoms with Crippen molar-refractivity contribution in [3.05, 3.63) is 128 Å². The van der Waals surface area contributed by atoms with Gasteiger partial charge in [-0.3, -0.25) is 10.1 Å². The Hall–Kier alpha value is -5.43. The van der Waals surface area contributed by atoms with E-state index < -0.39 is 22.8 Å². The van der Waals surface area contributed by atoms with Crippen LogP contribution < -0.4 is 5.32 Å². The molecule has 2 heterocycles. The topological polar surface area (TPSA) is 136 Å². The summed E-state index contributed by atoms with van der Waals surface area (Å²) < 4.78 is 10.5. The van der Waals surface area contributed by atoms with Crippen LogP contribution in [0.2, 0.25) is 0 Å². The maximum atomic E-state index is 13.3. The van der Waals surface area contributed by atoms with Crippen LogP contribution >= 0.6 is 0 Å². The molecule has 0 radical (unpaired) electrons. The summed E-state index contributed by atoms with van der Waals surface area (Å²) in [5, 5.41) is 14.4. The second-order valence-corrected chi connectivity index (χ2v) is 9.16. The molecule has 1 atom stereocenters. The number of H-pyrrole nitrogens is 1. The van der Waals surface area contributed by atoms with Crippen molar-refractivity contribution < 1.29 is 24.0 Å². The minimum absolute atomic E-state index is 0.0652. The van der Waals surface area contributed by atoms with Crippen molar-refractivity contribution in [2.45, 2.75) is 26.2 Å². The fourth-order valence-corrected chi connectivity index (χ4v) is 4.52. The second kappa shape index (κ2) is 13.1. The van der Waals surface area contributed by atoms with Gasteiger partial charge in [-0.1, -0.05) is 36.1 Å². The number of nitrogens with zero attached hydrogens (tertiary/aromatic N) is 2. The number of non-ortho nitro benzene ring substituents is 1. The molecule has 0 bridgehead atoms. The summed E-state index contributed by atoms with van der Waals surface area (Å²) in [5.41, 5.74) is 3.44. The summed E-state index contributed by atoms with van der Waals surface area (Å²) in [6.45, 7) is 3.29. The molecule has 3 aromatic rings. The molecular weight excluding hydrogens is 524 g/mol. The standard InChI is InChI=1S/C31H28N4O6/c1-20-27(30(36)40-3)29(24-9-7-10-25(19-24)35(38)39)28(21(2)34-20)31(37)41-17-6-4-5-8-22-11-13-23(14-12-22)18-26-32-15-16-33-26/h4,6-7,9-16,19,29,34H,17-18H2,1-3H3,(H,32,33)/b6-4+. The molecule has 4 rings (SSSR count). The fourth-order valence-electron chi connectivity index (χ4n) is 4.52. The molecule has 0 spiro atoms. The molecule has 0 amide bonds. The number of dihydropyridines is 1. The first-order valence-electron chi connectivity index (χ1n) is 12.7. The summed E-state index contributed by atoms with van der Waals surface area (Å²) in [7, 11) is 1.23. The largest absolute Gasteiger partial charge is 0.466 e. The number of imidazole rings is 1. The molecular formula is C31H28N4O6. The predicted molar refractivity (Wildman–Crippen MR) is 151 cm³/mol. The third-order valence-corrected chi connectivity index (χ3v) is 6.41. The highest BCUT2D eigenvalue weighted by Crippen LogP contribution is 2.40. The number of carbonyl (C=O) groups is 2. The van der Waals surface area contributed by atoms with Crippen molar-refractivity contribution in [2.75, 3.05) is 13.7 Å². The Labute approximate surface area is 236 Å². The van der Waals surface area contributed by atoms with E-state index in [1.165, 1.54) is 25.3 Å². The van der Waals surface area contributed by atoms with E-state index in [9.17, 15) is 19.7 Å². The number of benzene rings is 2. The number of nitro benzene ring substituents is 1. The molecule has 1 aromatic heterocycles. The van der Waals surface area contributed by atoms with Gasteiger partial charge in [-0.15, -0.1) is 0 Å². The van der Waals surface area contributed by atoms with Gasteiger partial charge in [0.05, 0.1) is 29.1 Å². The van der Waals surface area contributed by atoms with Crippen LogP contribution in [0, 0.1) is 22.0 Å². The van der Waals surface area contributed by atoms with E-state index >= 15 is 0 Å². The van der Waals surface area contributed by atoms with E-state index in [1.54, 1.807) is 44.5 Å². The number of nitro groups is 1. The summed E-state index contributed by atoms with van der Waals surface area (Å²) in [5.74, 6) is 4.58. The van der Waals surface area contributed by atoms with Crippen LogP contribution in [0.25, 0.3) is 0 Å². The highest BCUT2D eigenvalue weighted by Gasteiger charge is 2.38. The van der Waals surface area contributed by atoms with Crippen LogP contribution in [0.15, 0.2) is 95.6 Å². The van der Waals surface area contributed by atoms with Crippen molar-refractivity contribution in [2.24, 2.45) is 0 Å². The lowest BCUT2D eigenvalue weighted by Gasteiger charge is -2.30. The molecule has 0 saturated heterocycles. The van der Waals surface area contributed by atoms with Gasteiger partial charge in [-0.05, 0) is 49.3 Å². The molecule has 1 aliphatic heterocycles. The number of allylic oxidation sites excluding steroid dienone is 3. The number of nitrogens with one attached hydrogen (secondary N) is 2. The SMILES string of the molecule is COC(=O)C1=C(C)NC(C)=C(C(=O)OC/C=C/C#Cc2ccc(Cc3ncc[nH]3)cc2)C1c1cccc([N+](=O)[O-])c1. The molecule has 2 N–H and O–H groups in total.